The quantitative estimate of drug-likeness (QED) is 0.360. The number of methoxy groups -OCH3 is 1. The summed E-state index contributed by atoms with van der Waals surface area (Å²) in [4.78, 5) is 20.4. The lowest BCUT2D eigenvalue weighted by atomic mass is 9.90. The molecule has 1 fully saturated rings. The zero-order valence-corrected chi connectivity index (χ0v) is 20.3. The van der Waals surface area contributed by atoms with Crippen LogP contribution in [0.2, 0.25) is 0 Å². The molecule has 2 atom stereocenters. The van der Waals surface area contributed by atoms with Gasteiger partial charge in [-0.25, -0.2) is 14.5 Å². The van der Waals surface area contributed by atoms with E-state index in [1.165, 1.54) is 4.68 Å². The topological polar surface area (TPSA) is 96.3 Å². The van der Waals surface area contributed by atoms with Crippen LogP contribution in [-0.4, -0.2) is 49.4 Å². The molecule has 0 aliphatic carbocycles. The maximum Gasteiger partial charge on any atom is 0.453 e. The Balaban J connectivity index is 1.50. The van der Waals surface area contributed by atoms with Gasteiger partial charge in [0.25, 0.3) is 5.82 Å². The third-order valence-electron chi connectivity index (χ3n) is 7.06. The number of ether oxygens (including phenoxy) is 1. The Morgan fingerprint density at radius 2 is 2.00 bits per heavy atom. The van der Waals surface area contributed by atoms with E-state index in [-0.39, 0.29) is 17.6 Å². The molecule has 2 aromatic heterocycles. The van der Waals surface area contributed by atoms with E-state index in [1.54, 1.807) is 31.4 Å². The second-order valence-corrected chi connectivity index (χ2v) is 9.28. The molecule has 37 heavy (non-hydrogen) atoms. The van der Waals surface area contributed by atoms with Crippen molar-refractivity contribution in [2.75, 3.05) is 13.7 Å². The molecule has 4 aromatic rings. The Bertz CT molecular complexity index is 1430. The Morgan fingerprint density at radius 3 is 2.65 bits per heavy atom. The van der Waals surface area contributed by atoms with Crippen molar-refractivity contribution in [2.24, 2.45) is 0 Å². The maximum atomic E-state index is 13.1. The van der Waals surface area contributed by atoms with Crippen LogP contribution >= 0.6 is 0 Å². The van der Waals surface area contributed by atoms with E-state index in [4.69, 9.17) is 4.74 Å². The van der Waals surface area contributed by atoms with E-state index in [0.29, 0.717) is 25.9 Å². The van der Waals surface area contributed by atoms with Gasteiger partial charge in [-0.2, -0.15) is 13.2 Å². The molecule has 0 amide bonds. The molecular formula is C26H26F3N5O3. The van der Waals surface area contributed by atoms with E-state index in [9.17, 15) is 23.1 Å². The highest BCUT2D eigenvalue weighted by Crippen LogP contribution is 2.40. The molecule has 1 aliphatic rings. The van der Waals surface area contributed by atoms with Gasteiger partial charge in [-0.3, -0.25) is 4.90 Å². The number of H-pyrrole nitrogens is 1. The maximum absolute atomic E-state index is 13.1. The standard InChI is InChI=1S/C26H26F3N5O3/c1-15-11-22(37-2)20(19-7-9-30-23(15)19)13-33-10-8-18(34-14-31-25(32-34)26(27,28)29)12-21(33)16-3-5-17(6-4-16)24(35)36/h3-7,9,11,14,18,21,30H,8,10,12-13H2,1-2H3,(H,35,36)/t18?,21-/m0/s1. The molecule has 5 rings (SSSR count). The number of benzene rings is 2. The SMILES string of the molecule is COc1cc(C)c2[nH]ccc2c1CN1CCC(n2cnc(C(F)(F)F)n2)C[C@H]1c1ccc(C(=O)O)cc1. The molecule has 11 heteroatoms. The number of hydrogen-bond donors (Lipinski definition) is 2. The first-order valence-corrected chi connectivity index (χ1v) is 11.8. The number of aryl methyl sites for hydroxylation is 1. The van der Waals surface area contributed by atoms with E-state index in [2.05, 4.69) is 20.0 Å². The summed E-state index contributed by atoms with van der Waals surface area (Å²) in [6.45, 7) is 3.14. The van der Waals surface area contributed by atoms with E-state index in [0.717, 1.165) is 39.7 Å². The van der Waals surface area contributed by atoms with Crippen molar-refractivity contribution in [2.45, 2.75) is 44.6 Å². The van der Waals surface area contributed by atoms with Gasteiger partial charge in [-0.1, -0.05) is 12.1 Å². The number of likely N-dealkylation sites (tertiary alicyclic amines) is 1. The molecule has 1 saturated heterocycles. The zero-order chi connectivity index (χ0) is 26.3. The number of aromatic amines is 1. The van der Waals surface area contributed by atoms with Gasteiger partial charge < -0.3 is 14.8 Å². The van der Waals surface area contributed by atoms with Crippen LogP contribution in [0.25, 0.3) is 10.9 Å². The first-order valence-electron chi connectivity index (χ1n) is 11.8. The highest BCUT2D eigenvalue weighted by atomic mass is 19.4. The summed E-state index contributed by atoms with van der Waals surface area (Å²) in [5.74, 6) is -1.42. The van der Waals surface area contributed by atoms with Crippen LogP contribution in [0, 0.1) is 6.92 Å². The van der Waals surface area contributed by atoms with Crippen LogP contribution in [0.3, 0.4) is 0 Å². The van der Waals surface area contributed by atoms with Crippen molar-refractivity contribution in [1.82, 2.24) is 24.6 Å². The highest BCUT2D eigenvalue weighted by Gasteiger charge is 2.38. The van der Waals surface area contributed by atoms with Crippen molar-refractivity contribution >= 4 is 16.9 Å². The molecule has 0 saturated carbocycles. The van der Waals surface area contributed by atoms with Crippen LogP contribution in [-0.2, 0) is 12.7 Å². The molecule has 0 radical (unpaired) electrons. The van der Waals surface area contributed by atoms with Gasteiger partial charge in [0.05, 0.1) is 18.7 Å². The lowest BCUT2D eigenvalue weighted by Gasteiger charge is -2.40. The lowest BCUT2D eigenvalue weighted by molar-refractivity contribution is -0.145. The smallest absolute Gasteiger partial charge is 0.453 e. The Kier molecular flexibility index (Phi) is 6.40. The summed E-state index contributed by atoms with van der Waals surface area (Å²) in [5, 5.41) is 14.1. The number of fused-ring (bicyclic) bond motifs is 1. The van der Waals surface area contributed by atoms with Crippen molar-refractivity contribution in [3.8, 4) is 5.75 Å². The number of halogens is 3. The molecule has 2 aromatic carbocycles. The normalized spacial score (nSPS) is 18.8. The summed E-state index contributed by atoms with van der Waals surface area (Å²) in [5.41, 5.74) is 4.14. The largest absolute Gasteiger partial charge is 0.496 e. The first-order chi connectivity index (χ1) is 17.7. The lowest BCUT2D eigenvalue weighted by Crippen LogP contribution is -2.37. The Labute approximate surface area is 210 Å². The number of alkyl halides is 3. The highest BCUT2D eigenvalue weighted by molar-refractivity contribution is 5.88. The third-order valence-corrected chi connectivity index (χ3v) is 7.06. The van der Waals surface area contributed by atoms with Crippen LogP contribution in [0.1, 0.15) is 57.8 Å². The number of rotatable bonds is 6. The molecule has 1 unspecified atom stereocenters. The number of nitrogens with zero attached hydrogens (tertiary/aromatic N) is 4. The van der Waals surface area contributed by atoms with E-state index < -0.39 is 18.0 Å². The molecule has 3 heterocycles. The van der Waals surface area contributed by atoms with Gasteiger partial charge in [0, 0.05) is 41.8 Å². The van der Waals surface area contributed by atoms with Crippen LogP contribution in [0.4, 0.5) is 13.2 Å². The van der Waals surface area contributed by atoms with Crippen molar-refractivity contribution in [1.29, 1.82) is 0 Å². The van der Waals surface area contributed by atoms with Gasteiger partial charge >= 0.3 is 12.1 Å². The summed E-state index contributed by atoms with van der Waals surface area (Å²) < 4.78 is 46.3. The van der Waals surface area contributed by atoms with Gasteiger partial charge in [0.1, 0.15) is 12.1 Å². The summed E-state index contributed by atoms with van der Waals surface area (Å²) in [6.07, 6.45) is -0.522. The molecular weight excluding hydrogens is 487 g/mol. The predicted octanol–water partition coefficient (Wildman–Crippen LogP) is 5.37. The van der Waals surface area contributed by atoms with Gasteiger partial charge in [-0.15, -0.1) is 5.10 Å². The van der Waals surface area contributed by atoms with Crippen LogP contribution in [0.15, 0.2) is 48.9 Å². The minimum absolute atomic E-state index is 0.169. The van der Waals surface area contributed by atoms with Crippen molar-refractivity contribution < 1.29 is 27.8 Å². The van der Waals surface area contributed by atoms with Gasteiger partial charge in [0.2, 0.25) is 0 Å². The van der Waals surface area contributed by atoms with E-state index >= 15 is 0 Å². The first kappa shape index (κ1) is 24.8. The monoisotopic (exact) mass is 513 g/mol. The Hall–Kier alpha value is -3.86. The number of carbonyl (C=O) groups is 1. The molecule has 0 spiro atoms. The van der Waals surface area contributed by atoms with Gasteiger partial charge in [-0.05, 0) is 55.2 Å². The summed E-state index contributed by atoms with van der Waals surface area (Å²) >= 11 is 0. The molecule has 1 aliphatic heterocycles. The van der Waals surface area contributed by atoms with Gasteiger partial charge in [0.15, 0.2) is 0 Å². The fourth-order valence-corrected chi connectivity index (χ4v) is 5.18. The number of carboxylic acid groups (broad SMARTS) is 1. The fraction of sp³-hybridized carbons (Fsp3) is 0.346. The van der Waals surface area contributed by atoms with Crippen molar-refractivity contribution in [3.63, 3.8) is 0 Å². The second-order valence-electron chi connectivity index (χ2n) is 9.28. The second kappa shape index (κ2) is 9.55. The van der Waals surface area contributed by atoms with E-state index in [1.807, 2.05) is 25.3 Å². The number of nitrogens with one attached hydrogen (secondary N) is 1. The average Bonchev–Trinajstić information content (AvgIpc) is 3.56. The number of aromatic carboxylic acids is 1. The third kappa shape index (κ3) is 4.78. The number of carboxylic acids is 1. The Morgan fingerprint density at radius 1 is 1.24 bits per heavy atom. The van der Waals surface area contributed by atoms with Crippen LogP contribution in [0.5, 0.6) is 5.75 Å². The number of hydrogen-bond acceptors (Lipinski definition) is 5. The zero-order valence-electron chi connectivity index (χ0n) is 20.3. The molecule has 8 nitrogen and oxygen atoms in total. The van der Waals surface area contributed by atoms with Crippen molar-refractivity contribution in [3.05, 3.63) is 77.0 Å². The predicted molar refractivity (Wildman–Crippen MR) is 129 cm³/mol. The fourth-order valence-electron chi connectivity index (χ4n) is 5.18. The molecule has 194 valence electrons. The number of aromatic nitrogens is 4. The molecule has 2 N–H and O–H groups in total. The number of piperidine rings is 1. The average molecular weight is 514 g/mol. The summed E-state index contributed by atoms with van der Waals surface area (Å²) in [6, 6.07) is 10.1. The minimum atomic E-state index is -4.61. The molecule has 0 bridgehead atoms. The summed E-state index contributed by atoms with van der Waals surface area (Å²) in [7, 11) is 1.63. The van der Waals surface area contributed by atoms with Crippen LogP contribution < -0.4 is 4.74 Å². The minimum Gasteiger partial charge on any atom is -0.496 e.